The number of aliphatic hydroxyl groups is 1. The number of nitrogen functional groups attached to an aromatic ring is 1. The summed E-state index contributed by atoms with van der Waals surface area (Å²) < 4.78 is 39.6. The second-order valence-corrected chi connectivity index (χ2v) is 8.57. The molecule has 2 aromatic heterocycles. The summed E-state index contributed by atoms with van der Waals surface area (Å²) >= 11 is 5.87. The van der Waals surface area contributed by atoms with Crippen LogP contribution in [0.5, 0.6) is 0 Å². The third kappa shape index (κ3) is 4.25. The number of ether oxygens (including phenoxy) is 1. The van der Waals surface area contributed by atoms with E-state index in [1.807, 2.05) is 30.3 Å². The van der Waals surface area contributed by atoms with Gasteiger partial charge in [0, 0.05) is 0 Å². The monoisotopic (exact) mass is 469 g/mol. The topological polar surface area (TPSA) is 137 Å². The fourth-order valence-electron chi connectivity index (χ4n) is 3.43. The Balaban J connectivity index is 1.45. The van der Waals surface area contributed by atoms with Crippen LogP contribution in [0.25, 0.3) is 11.2 Å². The van der Waals surface area contributed by atoms with Crippen LogP contribution >= 0.6 is 19.8 Å². The van der Waals surface area contributed by atoms with Crippen molar-refractivity contribution in [3.8, 4) is 0 Å². The highest BCUT2D eigenvalue weighted by molar-refractivity contribution is 7.36. The van der Waals surface area contributed by atoms with Gasteiger partial charge >= 0.3 is 8.18 Å². The van der Waals surface area contributed by atoms with Crippen LogP contribution in [0.3, 0.4) is 0 Å². The minimum absolute atomic E-state index is 0.0349. The maximum Gasteiger partial charge on any atom is 0.613 e. The Morgan fingerprint density at radius 1 is 1.42 bits per heavy atom. The molecule has 10 nitrogen and oxygen atoms in total. The molecular formula is C18H20ClFN6O4P+. The molecule has 164 valence electrons. The van der Waals surface area contributed by atoms with Gasteiger partial charge in [-0.2, -0.15) is 9.97 Å². The summed E-state index contributed by atoms with van der Waals surface area (Å²) in [6.07, 6.45) is -3.18. The number of hydrogen-bond acceptors (Lipinski definition) is 8. The minimum atomic E-state index is -2.25. The molecule has 13 heteroatoms. The summed E-state index contributed by atoms with van der Waals surface area (Å²) in [5.74, 6) is 0.0349. The quantitative estimate of drug-likeness (QED) is 0.351. The lowest BCUT2D eigenvalue weighted by Gasteiger charge is -2.28. The van der Waals surface area contributed by atoms with Gasteiger partial charge in [-0.25, -0.2) is 9.37 Å². The highest BCUT2D eigenvalue weighted by Gasteiger charge is 2.55. The third-order valence-corrected chi connectivity index (χ3v) is 6.04. The molecule has 1 aliphatic rings. The van der Waals surface area contributed by atoms with E-state index in [-0.39, 0.29) is 28.9 Å². The number of benzene rings is 1. The van der Waals surface area contributed by atoms with E-state index < -0.39 is 32.3 Å². The molecule has 5 unspecified atom stereocenters. The van der Waals surface area contributed by atoms with Gasteiger partial charge in [-0.05, 0) is 28.7 Å². The predicted octanol–water partition coefficient (Wildman–Crippen LogP) is 2.30. The summed E-state index contributed by atoms with van der Waals surface area (Å²) in [6.45, 7) is 1.47. The second-order valence-electron chi connectivity index (χ2n) is 7.14. The molecular weight excluding hydrogens is 450 g/mol. The molecule has 1 aliphatic heterocycles. The first-order valence-electron chi connectivity index (χ1n) is 9.33. The maximum absolute atomic E-state index is 15.1. The van der Waals surface area contributed by atoms with Crippen LogP contribution < -0.4 is 10.8 Å². The molecule has 0 spiro atoms. The van der Waals surface area contributed by atoms with Crippen LogP contribution in [0.15, 0.2) is 36.7 Å². The van der Waals surface area contributed by atoms with Crippen molar-refractivity contribution in [3.05, 3.63) is 47.5 Å². The first-order chi connectivity index (χ1) is 14.8. The molecule has 0 radical (unpaired) electrons. The number of aromatic nitrogens is 4. The van der Waals surface area contributed by atoms with Gasteiger partial charge in [0.1, 0.15) is 24.3 Å². The number of rotatable bonds is 7. The zero-order valence-corrected chi connectivity index (χ0v) is 18.0. The van der Waals surface area contributed by atoms with Gasteiger partial charge in [-0.3, -0.25) is 4.57 Å². The number of halogens is 2. The van der Waals surface area contributed by atoms with Gasteiger partial charge in [0.15, 0.2) is 23.4 Å². The van der Waals surface area contributed by atoms with Gasteiger partial charge in [0.2, 0.25) is 5.28 Å². The van der Waals surface area contributed by atoms with Crippen LogP contribution in [-0.4, -0.2) is 49.6 Å². The summed E-state index contributed by atoms with van der Waals surface area (Å²) in [5, 5.41) is 13.0. The number of nitrogens with two attached hydrogens (primary N) is 1. The molecule has 3 heterocycles. The fraction of sp³-hybridized carbons (Fsp3) is 0.389. The molecule has 5 atom stereocenters. The summed E-state index contributed by atoms with van der Waals surface area (Å²) in [6, 6.07) is 9.35. The Bertz CT molecular complexity index is 1110. The highest BCUT2D eigenvalue weighted by atomic mass is 35.5. The number of imidazole rings is 1. The van der Waals surface area contributed by atoms with Crippen molar-refractivity contribution in [3.63, 3.8) is 0 Å². The van der Waals surface area contributed by atoms with Gasteiger partial charge in [0.25, 0.3) is 0 Å². The number of alkyl halides is 1. The molecule has 1 saturated heterocycles. The van der Waals surface area contributed by atoms with Crippen molar-refractivity contribution < 1.29 is 23.3 Å². The molecule has 1 fully saturated rings. The summed E-state index contributed by atoms with van der Waals surface area (Å²) in [4.78, 5) is 12.0. The van der Waals surface area contributed by atoms with E-state index in [0.29, 0.717) is 6.54 Å². The molecule has 4 rings (SSSR count). The van der Waals surface area contributed by atoms with Crippen LogP contribution in [0, 0.1) is 0 Å². The van der Waals surface area contributed by atoms with Crippen LogP contribution in [0.1, 0.15) is 12.5 Å². The smallest absolute Gasteiger partial charge is 0.387 e. The van der Waals surface area contributed by atoms with E-state index in [1.54, 1.807) is 0 Å². The van der Waals surface area contributed by atoms with E-state index in [4.69, 9.17) is 26.6 Å². The van der Waals surface area contributed by atoms with Crippen molar-refractivity contribution in [1.82, 2.24) is 24.6 Å². The van der Waals surface area contributed by atoms with E-state index in [9.17, 15) is 9.67 Å². The average molecular weight is 470 g/mol. The van der Waals surface area contributed by atoms with Gasteiger partial charge < -0.3 is 15.6 Å². The second kappa shape index (κ2) is 8.70. The molecule has 0 aliphatic carbocycles. The largest absolute Gasteiger partial charge is 0.613 e. The molecule has 1 aromatic carbocycles. The molecule has 0 amide bonds. The Kier molecular flexibility index (Phi) is 6.16. The normalized spacial score (nSPS) is 26.5. The standard InChI is InChI=1S/C18H20ClFN6O4P/c1-18(26-9-22-12-15(21)24-17(19)25-16(12)26)14(20)13(27)11(30-18)8-29-31(28)23-7-10-5-3-2-4-6-10/h2-6,9,11,13-14,27H,7-8H2,1H3,(H,23,28)(H2,21,24,25)/q+1. The van der Waals surface area contributed by atoms with Gasteiger partial charge in [0.05, 0.1) is 12.9 Å². The first-order valence-corrected chi connectivity index (χ1v) is 10.9. The zero-order chi connectivity index (χ0) is 22.2. The zero-order valence-electron chi connectivity index (χ0n) is 16.4. The molecule has 0 bridgehead atoms. The summed E-state index contributed by atoms with van der Waals surface area (Å²) in [5.41, 5.74) is 5.44. The van der Waals surface area contributed by atoms with E-state index >= 15 is 4.39 Å². The lowest BCUT2D eigenvalue weighted by atomic mass is 10.1. The lowest BCUT2D eigenvalue weighted by molar-refractivity contribution is -0.116. The average Bonchev–Trinajstić information content (AvgIpc) is 3.27. The Morgan fingerprint density at radius 3 is 2.90 bits per heavy atom. The van der Waals surface area contributed by atoms with Crippen LogP contribution in [0.2, 0.25) is 5.28 Å². The van der Waals surface area contributed by atoms with Crippen molar-refractivity contribution in [1.29, 1.82) is 0 Å². The first kappa shape index (κ1) is 21.9. The fourth-order valence-corrected chi connectivity index (χ4v) is 4.28. The third-order valence-electron chi connectivity index (χ3n) is 5.07. The lowest BCUT2D eigenvalue weighted by Crippen LogP contribution is -2.40. The Labute approximate surface area is 182 Å². The molecule has 31 heavy (non-hydrogen) atoms. The van der Waals surface area contributed by atoms with Crippen LogP contribution in [-0.2, 0) is 26.1 Å². The number of hydrogen-bond donors (Lipinski definition) is 3. The van der Waals surface area contributed by atoms with E-state index in [1.165, 1.54) is 17.8 Å². The Morgan fingerprint density at radius 2 is 2.16 bits per heavy atom. The van der Waals surface area contributed by atoms with Crippen molar-refractivity contribution in [2.24, 2.45) is 0 Å². The molecule has 3 aromatic rings. The number of nitrogens with one attached hydrogen (secondary N) is 1. The number of aliphatic hydroxyl groups excluding tert-OH is 1. The van der Waals surface area contributed by atoms with E-state index in [0.717, 1.165) is 5.56 Å². The van der Waals surface area contributed by atoms with Crippen molar-refractivity contribution >= 4 is 36.8 Å². The number of anilines is 1. The highest BCUT2D eigenvalue weighted by Crippen LogP contribution is 2.40. The number of nitrogens with zero attached hydrogens (tertiary/aromatic N) is 4. The molecule has 4 N–H and O–H groups in total. The molecule has 0 saturated carbocycles. The van der Waals surface area contributed by atoms with Crippen molar-refractivity contribution in [2.45, 2.75) is 37.6 Å². The minimum Gasteiger partial charge on any atom is -0.387 e. The number of fused-ring (bicyclic) bond motifs is 1. The SMILES string of the molecule is CC1(n2cnc3c(N)nc(Cl)nc32)OC(CO[P+](=O)NCc2ccccc2)C(O)C1F. The maximum atomic E-state index is 15.1. The van der Waals surface area contributed by atoms with Gasteiger partial charge in [-0.15, -0.1) is 4.52 Å². The van der Waals surface area contributed by atoms with Crippen LogP contribution in [0.4, 0.5) is 10.2 Å². The summed E-state index contributed by atoms with van der Waals surface area (Å²) in [7, 11) is -2.25. The van der Waals surface area contributed by atoms with Crippen molar-refractivity contribution in [2.75, 3.05) is 12.3 Å². The van der Waals surface area contributed by atoms with Gasteiger partial charge in [-0.1, -0.05) is 35.4 Å². The predicted molar refractivity (Wildman–Crippen MR) is 111 cm³/mol. The Hall–Kier alpha value is -2.27. The van der Waals surface area contributed by atoms with E-state index in [2.05, 4.69) is 20.0 Å².